The van der Waals surface area contributed by atoms with Crippen LogP contribution in [-0.2, 0) is 10.0 Å². The van der Waals surface area contributed by atoms with Crippen LogP contribution in [0.3, 0.4) is 0 Å². The van der Waals surface area contributed by atoms with E-state index in [1.165, 1.54) is 0 Å². The van der Waals surface area contributed by atoms with E-state index < -0.39 is 14.9 Å². The van der Waals surface area contributed by atoms with Crippen molar-refractivity contribution in [2.45, 2.75) is 31.6 Å². The molecule has 1 unspecified atom stereocenters. The molecule has 0 aromatic heterocycles. The second-order valence-electron chi connectivity index (χ2n) is 5.68. The summed E-state index contributed by atoms with van der Waals surface area (Å²) in [6, 6.07) is 3.16. The topological polar surface area (TPSA) is 101 Å². The van der Waals surface area contributed by atoms with Gasteiger partial charge in [0.2, 0.25) is 10.0 Å². The van der Waals surface area contributed by atoms with Gasteiger partial charge >= 0.3 is 0 Å². The largest absolute Gasteiger partial charge is 0.316 e. The van der Waals surface area contributed by atoms with Gasteiger partial charge in [-0.3, -0.25) is 10.1 Å². The van der Waals surface area contributed by atoms with Gasteiger partial charge in [0, 0.05) is 12.1 Å². The summed E-state index contributed by atoms with van der Waals surface area (Å²) in [5, 5.41) is 14.5. The molecule has 0 bridgehead atoms. The molecule has 0 radical (unpaired) electrons. The minimum absolute atomic E-state index is 0.220. The summed E-state index contributed by atoms with van der Waals surface area (Å²) in [5.74, 6) is 0.455. The summed E-state index contributed by atoms with van der Waals surface area (Å²) in [5.41, 5.74) is 0.387. The zero-order valence-electron chi connectivity index (χ0n) is 12.8. The summed E-state index contributed by atoms with van der Waals surface area (Å²) < 4.78 is 27.5. The fraction of sp³-hybridized carbons (Fsp3) is 0.571. The van der Waals surface area contributed by atoms with Gasteiger partial charge in [0.05, 0.1) is 4.92 Å². The van der Waals surface area contributed by atoms with E-state index in [2.05, 4.69) is 10.0 Å². The zero-order chi connectivity index (χ0) is 16.3. The predicted molar refractivity (Wildman–Crippen MR) is 83.4 cm³/mol. The normalized spacial score (nSPS) is 18.5. The molecule has 1 aliphatic rings. The third-order valence-corrected chi connectivity index (χ3v) is 5.63. The number of nitro benzene ring substituents is 1. The maximum absolute atomic E-state index is 12.5. The fourth-order valence-electron chi connectivity index (χ4n) is 2.77. The van der Waals surface area contributed by atoms with Crippen LogP contribution in [0.5, 0.6) is 0 Å². The average Bonchev–Trinajstić information content (AvgIpc) is 2.93. The third-order valence-electron chi connectivity index (χ3n) is 3.99. The van der Waals surface area contributed by atoms with Crippen LogP contribution in [0.25, 0.3) is 0 Å². The van der Waals surface area contributed by atoms with Crippen LogP contribution in [0.1, 0.15) is 24.0 Å². The van der Waals surface area contributed by atoms with Crippen molar-refractivity contribution in [3.63, 3.8) is 0 Å². The van der Waals surface area contributed by atoms with Crippen LogP contribution in [0, 0.1) is 29.9 Å². The first-order valence-corrected chi connectivity index (χ1v) is 8.76. The van der Waals surface area contributed by atoms with Crippen molar-refractivity contribution in [1.82, 2.24) is 10.0 Å². The van der Waals surface area contributed by atoms with Crippen molar-refractivity contribution in [1.29, 1.82) is 0 Å². The Hall–Kier alpha value is -1.51. The second-order valence-corrected chi connectivity index (χ2v) is 7.38. The van der Waals surface area contributed by atoms with Gasteiger partial charge in [-0.15, -0.1) is 0 Å². The van der Waals surface area contributed by atoms with E-state index in [0.717, 1.165) is 25.9 Å². The summed E-state index contributed by atoms with van der Waals surface area (Å²) >= 11 is 0. The Labute approximate surface area is 130 Å². The van der Waals surface area contributed by atoms with E-state index in [9.17, 15) is 18.5 Å². The molecule has 1 atom stereocenters. The van der Waals surface area contributed by atoms with Gasteiger partial charge < -0.3 is 5.32 Å². The lowest BCUT2D eigenvalue weighted by atomic mass is 10.1. The SMILES string of the molecule is Cc1ccc(C)c(S(=O)(=O)NCCC2CCNC2)c1[N+](=O)[O-]. The maximum Gasteiger partial charge on any atom is 0.292 e. The molecule has 1 aromatic carbocycles. The number of benzene rings is 1. The summed E-state index contributed by atoms with van der Waals surface area (Å²) in [7, 11) is -3.89. The Morgan fingerprint density at radius 2 is 2.05 bits per heavy atom. The molecular weight excluding hydrogens is 306 g/mol. The summed E-state index contributed by atoms with van der Waals surface area (Å²) in [4.78, 5) is 10.4. The molecule has 1 fully saturated rings. The first kappa shape index (κ1) is 16.9. The van der Waals surface area contributed by atoms with Crippen molar-refractivity contribution in [2.24, 2.45) is 5.92 Å². The van der Waals surface area contributed by atoms with E-state index in [0.29, 0.717) is 23.6 Å². The van der Waals surface area contributed by atoms with Crippen LogP contribution in [0.15, 0.2) is 17.0 Å². The number of hydrogen-bond donors (Lipinski definition) is 2. The molecule has 2 N–H and O–H groups in total. The number of nitro groups is 1. The number of nitrogens with one attached hydrogen (secondary N) is 2. The Bertz CT molecular complexity index is 667. The molecule has 0 saturated carbocycles. The number of nitrogens with zero attached hydrogens (tertiary/aromatic N) is 1. The van der Waals surface area contributed by atoms with Crippen LogP contribution >= 0.6 is 0 Å². The molecule has 7 nitrogen and oxygen atoms in total. The van der Waals surface area contributed by atoms with Crippen LogP contribution in [-0.4, -0.2) is 33.0 Å². The molecular formula is C14H21N3O4S. The lowest BCUT2D eigenvalue weighted by molar-refractivity contribution is -0.388. The van der Waals surface area contributed by atoms with Crippen molar-refractivity contribution < 1.29 is 13.3 Å². The van der Waals surface area contributed by atoms with Crippen molar-refractivity contribution >= 4 is 15.7 Å². The predicted octanol–water partition coefficient (Wildman–Crippen LogP) is 1.49. The van der Waals surface area contributed by atoms with Gasteiger partial charge in [-0.05, 0) is 51.3 Å². The molecule has 2 rings (SSSR count). The average molecular weight is 327 g/mol. The molecule has 0 aliphatic carbocycles. The highest BCUT2D eigenvalue weighted by Gasteiger charge is 2.29. The van der Waals surface area contributed by atoms with Crippen molar-refractivity contribution in [2.75, 3.05) is 19.6 Å². The van der Waals surface area contributed by atoms with E-state index in [1.807, 2.05) is 0 Å². The first-order chi connectivity index (χ1) is 10.3. The molecule has 22 heavy (non-hydrogen) atoms. The molecule has 1 saturated heterocycles. The van der Waals surface area contributed by atoms with Gasteiger partial charge in [-0.2, -0.15) is 0 Å². The van der Waals surface area contributed by atoms with E-state index >= 15 is 0 Å². The zero-order valence-corrected chi connectivity index (χ0v) is 13.6. The number of hydrogen-bond acceptors (Lipinski definition) is 5. The molecule has 1 aliphatic heterocycles. The monoisotopic (exact) mass is 327 g/mol. The summed E-state index contributed by atoms with van der Waals surface area (Å²) in [6.45, 7) is 5.26. The standard InChI is InChI=1S/C14H21N3O4S/c1-10-3-4-11(2)14(13(10)17(18)19)22(20,21)16-8-6-12-5-7-15-9-12/h3-4,12,15-16H,5-9H2,1-2H3. The van der Waals surface area contributed by atoms with Crippen LogP contribution in [0.4, 0.5) is 5.69 Å². The fourth-order valence-corrected chi connectivity index (χ4v) is 4.28. The number of sulfonamides is 1. The molecule has 0 spiro atoms. The van der Waals surface area contributed by atoms with Crippen LogP contribution in [0.2, 0.25) is 0 Å². The van der Waals surface area contributed by atoms with Gasteiger partial charge in [0.15, 0.2) is 4.90 Å². The first-order valence-electron chi connectivity index (χ1n) is 7.28. The van der Waals surface area contributed by atoms with Crippen molar-refractivity contribution in [3.8, 4) is 0 Å². The molecule has 122 valence electrons. The quantitative estimate of drug-likeness (QED) is 0.609. The highest BCUT2D eigenvalue weighted by Crippen LogP contribution is 2.30. The molecule has 8 heteroatoms. The molecule has 1 heterocycles. The Kier molecular flexibility index (Phi) is 5.15. The van der Waals surface area contributed by atoms with Crippen molar-refractivity contribution in [3.05, 3.63) is 33.4 Å². The maximum atomic E-state index is 12.5. The lowest BCUT2D eigenvalue weighted by Crippen LogP contribution is -2.28. The van der Waals surface area contributed by atoms with E-state index in [1.54, 1.807) is 26.0 Å². The highest BCUT2D eigenvalue weighted by atomic mass is 32.2. The van der Waals surface area contributed by atoms with Gasteiger partial charge in [-0.1, -0.05) is 12.1 Å². The minimum atomic E-state index is -3.89. The highest BCUT2D eigenvalue weighted by molar-refractivity contribution is 7.89. The smallest absolute Gasteiger partial charge is 0.292 e. The van der Waals surface area contributed by atoms with Crippen LogP contribution < -0.4 is 10.0 Å². The molecule has 0 amide bonds. The van der Waals surface area contributed by atoms with Gasteiger partial charge in [0.1, 0.15) is 0 Å². The van der Waals surface area contributed by atoms with E-state index in [-0.39, 0.29) is 10.6 Å². The third kappa shape index (κ3) is 3.63. The van der Waals surface area contributed by atoms with Gasteiger partial charge in [-0.25, -0.2) is 13.1 Å². The lowest BCUT2D eigenvalue weighted by Gasteiger charge is -2.12. The minimum Gasteiger partial charge on any atom is -0.316 e. The Morgan fingerprint density at radius 1 is 1.36 bits per heavy atom. The number of rotatable bonds is 6. The van der Waals surface area contributed by atoms with Gasteiger partial charge in [0.25, 0.3) is 5.69 Å². The van der Waals surface area contributed by atoms with E-state index in [4.69, 9.17) is 0 Å². The Morgan fingerprint density at radius 3 is 2.64 bits per heavy atom. The second kappa shape index (κ2) is 6.72. The molecule has 1 aromatic rings. The number of aryl methyl sites for hydroxylation is 2. The summed E-state index contributed by atoms with van der Waals surface area (Å²) in [6.07, 6.45) is 1.76. The Balaban J connectivity index is 2.21.